The Labute approximate surface area is 119 Å². The summed E-state index contributed by atoms with van der Waals surface area (Å²) in [5, 5.41) is 0. The van der Waals surface area contributed by atoms with Gasteiger partial charge in [-0.3, -0.25) is 4.79 Å². The fourth-order valence-corrected chi connectivity index (χ4v) is 1.62. The molecular formula is C14H14F4N2O. The first kappa shape index (κ1) is 17.0. The molecule has 0 aromatic heterocycles. The van der Waals surface area contributed by atoms with Crippen molar-refractivity contribution in [2.75, 3.05) is 19.6 Å². The number of hydrogen-bond donors (Lipinski definition) is 1. The Kier molecular flexibility index (Phi) is 5.73. The molecular weight excluding hydrogens is 288 g/mol. The van der Waals surface area contributed by atoms with Crippen LogP contribution < -0.4 is 5.73 Å². The lowest BCUT2D eigenvalue weighted by Crippen LogP contribution is -2.38. The van der Waals surface area contributed by atoms with Gasteiger partial charge in [0.1, 0.15) is 12.4 Å². The monoisotopic (exact) mass is 302 g/mol. The Morgan fingerprint density at radius 1 is 1.38 bits per heavy atom. The molecule has 21 heavy (non-hydrogen) atoms. The second-order valence-corrected chi connectivity index (χ2v) is 4.14. The second kappa shape index (κ2) is 7.09. The van der Waals surface area contributed by atoms with Crippen molar-refractivity contribution in [1.82, 2.24) is 4.90 Å². The van der Waals surface area contributed by atoms with Gasteiger partial charge in [-0.15, -0.1) is 0 Å². The molecule has 7 heteroatoms. The maximum Gasteiger partial charge on any atom is 0.406 e. The van der Waals surface area contributed by atoms with Crippen molar-refractivity contribution in [3.8, 4) is 11.8 Å². The number of hydrogen-bond acceptors (Lipinski definition) is 2. The van der Waals surface area contributed by atoms with Crippen molar-refractivity contribution in [3.05, 3.63) is 35.1 Å². The minimum absolute atomic E-state index is 0.0378. The van der Waals surface area contributed by atoms with Crippen molar-refractivity contribution in [2.24, 2.45) is 5.73 Å². The molecule has 0 aliphatic heterocycles. The van der Waals surface area contributed by atoms with Gasteiger partial charge in [-0.2, -0.15) is 13.2 Å². The third-order valence-electron chi connectivity index (χ3n) is 2.58. The molecule has 0 heterocycles. The summed E-state index contributed by atoms with van der Waals surface area (Å²) < 4.78 is 50.8. The predicted octanol–water partition coefficient (Wildman–Crippen LogP) is 2.16. The number of rotatable bonds is 3. The van der Waals surface area contributed by atoms with Crippen LogP contribution in [0.1, 0.15) is 22.8 Å². The molecule has 0 saturated heterocycles. The highest BCUT2D eigenvalue weighted by Gasteiger charge is 2.32. The number of nitrogens with zero attached hydrogens (tertiary/aromatic N) is 1. The van der Waals surface area contributed by atoms with Crippen molar-refractivity contribution in [1.29, 1.82) is 0 Å². The minimum atomic E-state index is -4.50. The van der Waals surface area contributed by atoms with Gasteiger partial charge in [0, 0.05) is 12.1 Å². The van der Waals surface area contributed by atoms with Crippen molar-refractivity contribution < 1.29 is 22.4 Å². The van der Waals surface area contributed by atoms with E-state index in [-0.39, 0.29) is 24.2 Å². The van der Waals surface area contributed by atoms with Gasteiger partial charge < -0.3 is 10.6 Å². The average molecular weight is 302 g/mol. The van der Waals surface area contributed by atoms with Crippen LogP contribution in [0.2, 0.25) is 0 Å². The Hall–Kier alpha value is -2.07. The standard InChI is InChI=1S/C14H14F4N2O/c1-2-20(9-14(16,17)18)13(21)11-6-5-10(4-3-7-19)12(15)8-11/h5-6,8H,2,7,9,19H2,1H3. The predicted molar refractivity (Wildman–Crippen MR) is 70.0 cm³/mol. The molecule has 0 unspecified atom stereocenters. The van der Waals surface area contributed by atoms with Crippen LogP contribution in [0.4, 0.5) is 17.6 Å². The molecule has 1 rings (SSSR count). The zero-order valence-corrected chi connectivity index (χ0v) is 11.3. The van der Waals surface area contributed by atoms with Gasteiger partial charge in [0.2, 0.25) is 0 Å². The number of benzene rings is 1. The van der Waals surface area contributed by atoms with Crippen molar-refractivity contribution in [3.63, 3.8) is 0 Å². The summed E-state index contributed by atoms with van der Waals surface area (Å²) in [4.78, 5) is 12.5. The van der Waals surface area contributed by atoms with Crippen molar-refractivity contribution in [2.45, 2.75) is 13.1 Å². The van der Waals surface area contributed by atoms with E-state index in [1.807, 2.05) is 0 Å². The van der Waals surface area contributed by atoms with E-state index >= 15 is 0 Å². The molecule has 3 nitrogen and oxygen atoms in total. The summed E-state index contributed by atoms with van der Waals surface area (Å²) in [7, 11) is 0. The molecule has 0 aliphatic rings. The molecule has 1 aromatic carbocycles. The van der Waals surface area contributed by atoms with Gasteiger partial charge in [0.25, 0.3) is 5.91 Å². The van der Waals surface area contributed by atoms with Gasteiger partial charge in [-0.25, -0.2) is 4.39 Å². The van der Waals surface area contributed by atoms with Gasteiger partial charge in [0.05, 0.1) is 12.1 Å². The first-order valence-electron chi connectivity index (χ1n) is 6.13. The lowest BCUT2D eigenvalue weighted by molar-refractivity contribution is -0.140. The van der Waals surface area contributed by atoms with Crippen LogP contribution in [0.3, 0.4) is 0 Å². The number of carbonyl (C=O) groups excluding carboxylic acids is 1. The zero-order valence-electron chi connectivity index (χ0n) is 11.3. The maximum atomic E-state index is 13.7. The molecule has 0 atom stereocenters. The highest BCUT2D eigenvalue weighted by atomic mass is 19.4. The smallest absolute Gasteiger partial charge is 0.330 e. The highest BCUT2D eigenvalue weighted by Crippen LogP contribution is 2.19. The molecule has 0 aliphatic carbocycles. The third kappa shape index (κ3) is 5.08. The van der Waals surface area contributed by atoms with Gasteiger partial charge >= 0.3 is 6.18 Å². The first-order chi connectivity index (χ1) is 9.78. The Balaban J connectivity index is 2.99. The molecule has 0 saturated carbocycles. The summed E-state index contributed by atoms with van der Waals surface area (Å²) in [6, 6.07) is 3.36. The summed E-state index contributed by atoms with van der Waals surface area (Å²) in [5.74, 6) is 3.26. The number of nitrogens with two attached hydrogens (primary N) is 1. The Bertz CT molecular complexity index is 573. The largest absolute Gasteiger partial charge is 0.406 e. The fourth-order valence-electron chi connectivity index (χ4n) is 1.62. The van der Waals surface area contributed by atoms with Crippen LogP contribution in [-0.4, -0.2) is 36.6 Å². The van der Waals surface area contributed by atoms with E-state index in [9.17, 15) is 22.4 Å². The topological polar surface area (TPSA) is 46.3 Å². The van der Waals surface area contributed by atoms with Crippen LogP contribution in [0, 0.1) is 17.7 Å². The van der Waals surface area contributed by atoms with Crippen LogP contribution in [0.5, 0.6) is 0 Å². The molecule has 2 N–H and O–H groups in total. The molecule has 0 spiro atoms. The van der Waals surface area contributed by atoms with E-state index in [2.05, 4.69) is 11.8 Å². The normalized spacial score (nSPS) is 10.8. The second-order valence-electron chi connectivity index (χ2n) is 4.14. The lowest BCUT2D eigenvalue weighted by atomic mass is 10.1. The number of carbonyl (C=O) groups is 1. The van der Waals surface area contributed by atoms with Gasteiger partial charge in [-0.1, -0.05) is 11.8 Å². The summed E-state index contributed by atoms with van der Waals surface area (Å²) in [6.07, 6.45) is -4.50. The molecule has 0 radical (unpaired) electrons. The number of alkyl halides is 3. The van der Waals surface area contributed by atoms with E-state index in [0.717, 1.165) is 6.07 Å². The average Bonchev–Trinajstić information content (AvgIpc) is 2.41. The van der Waals surface area contributed by atoms with Crippen LogP contribution >= 0.6 is 0 Å². The van der Waals surface area contributed by atoms with Crippen LogP contribution in [0.15, 0.2) is 18.2 Å². The molecule has 0 bridgehead atoms. The molecule has 0 fully saturated rings. The number of amides is 1. The highest BCUT2D eigenvalue weighted by molar-refractivity contribution is 5.94. The van der Waals surface area contributed by atoms with E-state index in [4.69, 9.17) is 5.73 Å². The summed E-state index contributed by atoms with van der Waals surface area (Å²) in [5.41, 5.74) is 5.04. The lowest BCUT2D eigenvalue weighted by Gasteiger charge is -2.22. The fraction of sp³-hybridized carbons (Fsp3) is 0.357. The number of halogens is 4. The van der Waals surface area contributed by atoms with E-state index in [0.29, 0.717) is 4.90 Å². The molecule has 114 valence electrons. The van der Waals surface area contributed by atoms with Crippen LogP contribution in [0.25, 0.3) is 0 Å². The van der Waals surface area contributed by atoms with E-state index in [1.54, 1.807) is 0 Å². The quantitative estimate of drug-likeness (QED) is 0.687. The molecule has 1 aromatic rings. The summed E-state index contributed by atoms with van der Waals surface area (Å²) in [6.45, 7) is -0.0379. The summed E-state index contributed by atoms with van der Waals surface area (Å²) >= 11 is 0. The van der Waals surface area contributed by atoms with E-state index in [1.165, 1.54) is 19.1 Å². The Morgan fingerprint density at radius 2 is 2.05 bits per heavy atom. The van der Waals surface area contributed by atoms with Gasteiger partial charge in [0.15, 0.2) is 0 Å². The van der Waals surface area contributed by atoms with Crippen LogP contribution in [-0.2, 0) is 0 Å². The first-order valence-corrected chi connectivity index (χ1v) is 6.13. The Morgan fingerprint density at radius 3 is 2.52 bits per heavy atom. The maximum absolute atomic E-state index is 13.7. The van der Waals surface area contributed by atoms with E-state index < -0.39 is 24.4 Å². The zero-order chi connectivity index (χ0) is 16.0. The minimum Gasteiger partial charge on any atom is -0.330 e. The third-order valence-corrected chi connectivity index (χ3v) is 2.58. The van der Waals surface area contributed by atoms with Crippen molar-refractivity contribution >= 4 is 5.91 Å². The SMILES string of the molecule is CCN(CC(F)(F)F)C(=O)c1ccc(C#CCN)c(F)c1. The molecule has 1 amide bonds. The van der Waals surface area contributed by atoms with Gasteiger partial charge in [-0.05, 0) is 25.1 Å².